The van der Waals surface area contributed by atoms with Gasteiger partial charge in [0, 0.05) is 12.3 Å². The number of benzene rings is 1. The van der Waals surface area contributed by atoms with Crippen LogP contribution in [0.15, 0.2) is 30.7 Å². The van der Waals surface area contributed by atoms with Crippen LogP contribution in [-0.4, -0.2) is 22.2 Å². The number of H-pyrrole nitrogens is 1. The lowest BCUT2D eigenvalue weighted by atomic mass is 10.2. The maximum atomic E-state index is 9.44. The summed E-state index contributed by atoms with van der Waals surface area (Å²) in [6, 6.07) is 4.93. The van der Waals surface area contributed by atoms with Gasteiger partial charge in [0.2, 0.25) is 0 Å². The first kappa shape index (κ1) is 10.5. The number of aromatic nitrogens is 2. The molecule has 2 heterocycles. The highest BCUT2D eigenvalue weighted by Crippen LogP contribution is 2.33. The predicted octanol–water partition coefficient (Wildman–Crippen LogP) is 1.94. The average molecular weight is 244 g/mol. The van der Waals surface area contributed by atoms with Gasteiger partial charge in [0.05, 0.1) is 19.1 Å². The lowest BCUT2D eigenvalue weighted by Crippen LogP contribution is -2.26. The van der Waals surface area contributed by atoms with Gasteiger partial charge in [0.15, 0.2) is 5.82 Å². The molecule has 0 radical (unpaired) electrons. The summed E-state index contributed by atoms with van der Waals surface area (Å²) >= 11 is 0. The van der Waals surface area contributed by atoms with E-state index >= 15 is 0 Å². The van der Waals surface area contributed by atoms with E-state index in [9.17, 15) is 5.11 Å². The number of fused-ring (bicyclic) bond motifs is 1. The molecule has 2 aromatic rings. The zero-order valence-electron chi connectivity index (χ0n) is 9.71. The Morgan fingerprint density at radius 3 is 3.11 bits per heavy atom. The maximum Gasteiger partial charge on any atom is 0.170 e. The van der Waals surface area contributed by atoms with Crippen LogP contribution in [0.1, 0.15) is 5.69 Å². The number of hydrogen-bond acceptors (Lipinski definition) is 5. The van der Waals surface area contributed by atoms with Gasteiger partial charge in [0.1, 0.15) is 17.2 Å². The Morgan fingerprint density at radius 1 is 1.39 bits per heavy atom. The third-order valence-electron chi connectivity index (χ3n) is 2.71. The molecule has 1 aliphatic rings. The van der Waals surface area contributed by atoms with Crippen LogP contribution in [0.4, 0.5) is 11.5 Å². The van der Waals surface area contributed by atoms with Gasteiger partial charge in [0.25, 0.3) is 0 Å². The molecule has 0 amide bonds. The quantitative estimate of drug-likeness (QED) is 0.753. The SMILES string of the molecule is COc1cc(O)ccc1N1C=Cc2[nH]cnc2N1. The lowest BCUT2D eigenvalue weighted by molar-refractivity contribution is 0.408. The van der Waals surface area contributed by atoms with Gasteiger partial charge in [-0.15, -0.1) is 0 Å². The van der Waals surface area contributed by atoms with Gasteiger partial charge in [-0.3, -0.25) is 10.4 Å². The lowest BCUT2D eigenvalue weighted by Gasteiger charge is -2.26. The predicted molar refractivity (Wildman–Crippen MR) is 68.4 cm³/mol. The number of nitrogens with one attached hydrogen (secondary N) is 2. The molecule has 0 spiro atoms. The summed E-state index contributed by atoms with van der Waals surface area (Å²) in [5, 5.41) is 11.2. The number of aromatic hydroxyl groups is 1. The Labute approximate surface area is 104 Å². The van der Waals surface area contributed by atoms with Crippen molar-refractivity contribution in [2.24, 2.45) is 0 Å². The Balaban J connectivity index is 1.97. The first-order valence-electron chi connectivity index (χ1n) is 5.42. The molecule has 0 unspecified atom stereocenters. The molecule has 1 aliphatic heterocycles. The van der Waals surface area contributed by atoms with Crippen molar-refractivity contribution in [3.63, 3.8) is 0 Å². The third kappa shape index (κ3) is 1.64. The Bertz CT molecular complexity index is 606. The number of methoxy groups -OCH3 is 1. The number of hydrazine groups is 1. The van der Waals surface area contributed by atoms with E-state index < -0.39 is 0 Å². The highest BCUT2D eigenvalue weighted by Gasteiger charge is 2.16. The summed E-state index contributed by atoms with van der Waals surface area (Å²) in [4.78, 5) is 7.16. The average Bonchev–Trinajstić information content (AvgIpc) is 2.85. The zero-order chi connectivity index (χ0) is 12.5. The van der Waals surface area contributed by atoms with Crippen molar-refractivity contribution in [3.8, 4) is 11.5 Å². The molecule has 0 atom stereocenters. The highest BCUT2D eigenvalue weighted by atomic mass is 16.5. The fraction of sp³-hybridized carbons (Fsp3) is 0.0833. The van der Waals surface area contributed by atoms with Gasteiger partial charge < -0.3 is 14.8 Å². The van der Waals surface area contributed by atoms with Gasteiger partial charge in [-0.1, -0.05) is 0 Å². The minimum absolute atomic E-state index is 0.164. The number of rotatable bonds is 2. The summed E-state index contributed by atoms with van der Waals surface area (Å²) in [5.74, 6) is 1.48. The molecule has 92 valence electrons. The Morgan fingerprint density at radius 2 is 2.28 bits per heavy atom. The minimum atomic E-state index is 0.164. The van der Waals surface area contributed by atoms with Crippen molar-refractivity contribution in [1.29, 1.82) is 0 Å². The van der Waals surface area contributed by atoms with Crippen LogP contribution in [0.25, 0.3) is 6.08 Å². The molecule has 6 heteroatoms. The van der Waals surface area contributed by atoms with Crippen LogP contribution in [0.2, 0.25) is 0 Å². The van der Waals surface area contributed by atoms with Crippen LogP contribution < -0.4 is 15.2 Å². The maximum absolute atomic E-state index is 9.44. The summed E-state index contributed by atoms with van der Waals surface area (Å²) in [5.41, 5.74) is 4.84. The molecule has 18 heavy (non-hydrogen) atoms. The third-order valence-corrected chi connectivity index (χ3v) is 2.71. The molecule has 3 N–H and O–H groups in total. The fourth-order valence-corrected chi connectivity index (χ4v) is 1.83. The molecule has 0 saturated carbocycles. The topological polar surface area (TPSA) is 73.4 Å². The van der Waals surface area contributed by atoms with Crippen molar-refractivity contribution in [2.75, 3.05) is 17.5 Å². The standard InChI is InChI=1S/C12H12N4O2/c1-18-11-6-8(17)2-3-10(11)16-5-4-9-12(15-16)14-7-13-9/h2-7,15,17H,1H3,(H,13,14). The van der Waals surface area contributed by atoms with E-state index in [1.807, 2.05) is 12.3 Å². The van der Waals surface area contributed by atoms with Crippen molar-refractivity contribution < 1.29 is 9.84 Å². The normalized spacial score (nSPS) is 13.1. The molecule has 1 aromatic carbocycles. The molecular formula is C12H12N4O2. The first-order chi connectivity index (χ1) is 8.78. The van der Waals surface area contributed by atoms with E-state index in [1.165, 1.54) is 0 Å². The molecule has 0 saturated heterocycles. The fourth-order valence-electron chi connectivity index (χ4n) is 1.83. The number of anilines is 2. The van der Waals surface area contributed by atoms with Gasteiger partial charge in [-0.25, -0.2) is 4.98 Å². The number of ether oxygens (including phenoxy) is 1. The van der Waals surface area contributed by atoms with E-state index in [4.69, 9.17) is 4.74 Å². The van der Waals surface area contributed by atoms with Crippen molar-refractivity contribution >= 4 is 17.6 Å². The number of phenols is 1. The Hall–Kier alpha value is -2.63. The van der Waals surface area contributed by atoms with Crippen LogP contribution in [0.3, 0.4) is 0 Å². The summed E-state index contributed by atoms with van der Waals surface area (Å²) in [6.07, 6.45) is 5.39. The Kier molecular flexibility index (Phi) is 2.33. The van der Waals surface area contributed by atoms with Crippen LogP contribution in [-0.2, 0) is 0 Å². The van der Waals surface area contributed by atoms with Crippen LogP contribution in [0, 0.1) is 0 Å². The van der Waals surface area contributed by atoms with Crippen LogP contribution in [0.5, 0.6) is 11.5 Å². The number of imidazole rings is 1. The van der Waals surface area contributed by atoms with Crippen molar-refractivity contribution in [2.45, 2.75) is 0 Å². The summed E-state index contributed by atoms with van der Waals surface area (Å²) < 4.78 is 5.25. The van der Waals surface area contributed by atoms with E-state index in [-0.39, 0.29) is 5.75 Å². The zero-order valence-corrected chi connectivity index (χ0v) is 9.71. The largest absolute Gasteiger partial charge is 0.508 e. The second-order valence-electron chi connectivity index (χ2n) is 3.82. The summed E-state index contributed by atoms with van der Waals surface area (Å²) in [7, 11) is 1.56. The van der Waals surface area contributed by atoms with E-state index in [0.717, 1.165) is 17.2 Å². The molecule has 0 bridgehead atoms. The first-order valence-corrected chi connectivity index (χ1v) is 5.42. The number of aromatic amines is 1. The molecule has 0 fully saturated rings. The number of hydrogen-bond donors (Lipinski definition) is 3. The van der Waals surface area contributed by atoms with Gasteiger partial charge in [-0.05, 0) is 18.2 Å². The van der Waals surface area contributed by atoms with Crippen molar-refractivity contribution in [1.82, 2.24) is 9.97 Å². The molecular weight excluding hydrogens is 232 g/mol. The van der Waals surface area contributed by atoms with Crippen LogP contribution >= 0.6 is 0 Å². The molecule has 6 nitrogen and oxygen atoms in total. The minimum Gasteiger partial charge on any atom is -0.508 e. The second kappa shape index (κ2) is 3.99. The summed E-state index contributed by atoms with van der Waals surface area (Å²) in [6.45, 7) is 0. The van der Waals surface area contributed by atoms with E-state index in [0.29, 0.717) is 5.75 Å². The number of nitrogens with zero attached hydrogens (tertiary/aromatic N) is 2. The monoisotopic (exact) mass is 244 g/mol. The highest BCUT2D eigenvalue weighted by molar-refractivity contribution is 5.73. The number of phenolic OH excluding ortho intramolecular Hbond substituents is 1. The smallest absolute Gasteiger partial charge is 0.170 e. The van der Waals surface area contributed by atoms with Crippen molar-refractivity contribution in [3.05, 3.63) is 36.4 Å². The van der Waals surface area contributed by atoms with Gasteiger partial charge in [-0.2, -0.15) is 0 Å². The molecule has 0 aliphatic carbocycles. The molecule has 1 aromatic heterocycles. The molecule has 3 rings (SSSR count). The van der Waals surface area contributed by atoms with E-state index in [1.54, 1.807) is 36.6 Å². The van der Waals surface area contributed by atoms with Gasteiger partial charge >= 0.3 is 0 Å². The van der Waals surface area contributed by atoms with E-state index in [2.05, 4.69) is 15.4 Å². The second-order valence-corrected chi connectivity index (χ2v) is 3.82.